The molecule has 3 rings (SSSR count). The standard InChI is InChI=1S/C12H14N4O2/c17-12(5-6-18-8-12)7-13-11-14-9-3-1-2-4-10(9)15-16-11/h1-4,17H,5-8H2,(H,13,14,16). The highest BCUT2D eigenvalue weighted by molar-refractivity contribution is 5.73. The summed E-state index contributed by atoms with van der Waals surface area (Å²) in [6.45, 7) is 1.31. The number of nitrogens with one attached hydrogen (secondary N) is 1. The second-order valence-electron chi connectivity index (χ2n) is 4.50. The molecule has 0 radical (unpaired) electrons. The quantitative estimate of drug-likeness (QED) is 0.825. The van der Waals surface area contributed by atoms with Crippen LogP contribution in [0.2, 0.25) is 0 Å². The lowest BCUT2D eigenvalue weighted by atomic mass is 10.0. The summed E-state index contributed by atoms with van der Waals surface area (Å²) >= 11 is 0. The van der Waals surface area contributed by atoms with E-state index in [0.717, 1.165) is 11.0 Å². The summed E-state index contributed by atoms with van der Waals surface area (Å²) in [6.07, 6.45) is 0.626. The number of benzene rings is 1. The van der Waals surface area contributed by atoms with E-state index in [1.165, 1.54) is 0 Å². The first-order valence-electron chi connectivity index (χ1n) is 5.89. The molecule has 1 atom stereocenters. The number of hydrogen-bond donors (Lipinski definition) is 2. The first-order chi connectivity index (χ1) is 8.75. The Morgan fingerprint density at radius 1 is 1.28 bits per heavy atom. The number of hydrogen-bond acceptors (Lipinski definition) is 6. The van der Waals surface area contributed by atoms with Crippen LogP contribution in [-0.4, -0.2) is 45.6 Å². The van der Waals surface area contributed by atoms with Crippen LogP contribution in [0.3, 0.4) is 0 Å². The lowest BCUT2D eigenvalue weighted by Gasteiger charge is -2.20. The molecule has 6 nitrogen and oxygen atoms in total. The summed E-state index contributed by atoms with van der Waals surface area (Å²) in [5.74, 6) is 0.425. The van der Waals surface area contributed by atoms with Gasteiger partial charge in [0.05, 0.1) is 12.1 Å². The van der Waals surface area contributed by atoms with Gasteiger partial charge in [-0.1, -0.05) is 12.1 Å². The SMILES string of the molecule is OC1(CNc2nnc3ccccc3n2)CCOC1. The molecule has 0 aliphatic carbocycles. The molecule has 6 heteroatoms. The van der Waals surface area contributed by atoms with E-state index in [1.54, 1.807) is 0 Å². The highest BCUT2D eigenvalue weighted by Crippen LogP contribution is 2.18. The lowest BCUT2D eigenvalue weighted by molar-refractivity contribution is 0.0380. The maximum atomic E-state index is 10.1. The Labute approximate surface area is 104 Å². The van der Waals surface area contributed by atoms with Gasteiger partial charge in [-0.25, -0.2) is 4.98 Å². The third-order valence-electron chi connectivity index (χ3n) is 3.02. The summed E-state index contributed by atoms with van der Waals surface area (Å²) in [4.78, 5) is 4.33. The zero-order valence-corrected chi connectivity index (χ0v) is 9.83. The van der Waals surface area contributed by atoms with Crippen molar-refractivity contribution in [1.29, 1.82) is 0 Å². The molecule has 0 spiro atoms. The molecule has 1 aliphatic rings. The van der Waals surface area contributed by atoms with E-state index in [4.69, 9.17) is 4.74 Å². The predicted molar refractivity (Wildman–Crippen MR) is 66.2 cm³/mol. The maximum Gasteiger partial charge on any atom is 0.243 e. The average molecular weight is 246 g/mol. The van der Waals surface area contributed by atoms with Crippen molar-refractivity contribution < 1.29 is 9.84 Å². The number of ether oxygens (including phenoxy) is 1. The van der Waals surface area contributed by atoms with Crippen molar-refractivity contribution in [2.45, 2.75) is 12.0 Å². The summed E-state index contributed by atoms with van der Waals surface area (Å²) in [6, 6.07) is 7.53. The first kappa shape index (κ1) is 11.3. The van der Waals surface area contributed by atoms with Crippen LogP contribution < -0.4 is 5.32 Å². The maximum absolute atomic E-state index is 10.1. The smallest absolute Gasteiger partial charge is 0.243 e. The minimum absolute atomic E-state index is 0.348. The molecule has 0 bridgehead atoms. The highest BCUT2D eigenvalue weighted by atomic mass is 16.5. The number of fused-ring (bicyclic) bond motifs is 1. The van der Waals surface area contributed by atoms with E-state index >= 15 is 0 Å². The topological polar surface area (TPSA) is 80.2 Å². The second kappa shape index (κ2) is 4.47. The molecule has 0 saturated carbocycles. The summed E-state index contributed by atoms with van der Waals surface area (Å²) in [5, 5.41) is 21.1. The number of para-hydroxylation sites is 1. The molecule has 1 aromatic heterocycles. The molecule has 1 saturated heterocycles. The fourth-order valence-corrected chi connectivity index (χ4v) is 1.94. The van der Waals surface area contributed by atoms with Gasteiger partial charge in [-0.15, -0.1) is 10.2 Å². The number of rotatable bonds is 3. The molecule has 1 unspecified atom stereocenters. The van der Waals surface area contributed by atoms with Crippen LogP contribution in [0.1, 0.15) is 6.42 Å². The Balaban J connectivity index is 1.74. The van der Waals surface area contributed by atoms with Gasteiger partial charge in [0, 0.05) is 19.6 Å². The van der Waals surface area contributed by atoms with E-state index in [9.17, 15) is 5.11 Å². The summed E-state index contributed by atoms with van der Waals surface area (Å²) < 4.78 is 5.17. The van der Waals surface area contributed by atoms with Crippen LogP contribution >= 0.6 is 0 Å². The predicted octanol–water partition coefficient (Wildman–Crippen LogP) is 0.588. The van der Waals surface area contributed by atoms with Gasteiger partial charge in [-0.3, -0.25) is 0 Å². The van der Waals surface area contributed by atoms with E-state index in [1.807, 2.05) is 24.3 Å². The van der Waals surface area contributed by atoms with Gasteiger partial charge in [0.2, 0.25) is 5.95 Å². The van der Waals surface area contributed by atoms with E-state index in [2.05, 4.69) is 20.5 Å². The van der Waals surface area contributed by atoms with Crippen LogP contribution in [-0.2, 0) is 4.74 Å². The molecule has 1 aromatic carbocycles. The zero-order chi connectivity index (χ0) is 12.4. The molecular weight excluding hydrogens is 232 g/mol. The third-order valence-corrected chi connectivity index (χ3v) is 3.02. The number of aromatic nitrogens is 3. The van der Waals surface area contributed by atoms with Crippen molar-refractivity contribution in [1.82, 2.24) is 15.2 Å². The van der Waals surface area contributed by atoms with Crippen molar-refractivity contribution in [2.75, 3.05) is 25.1 Å². The Morgan fingerprint density at radius 3 is 2.89 bits per heavy atom. The van der Waals surface area contributed by atoms with Gasteiger partial charge in [0.25, 0.3) is 0 Å². The van der Waals surface area contributed by atoms with Gasteiger partial charge >= 0.3 is 0 Å². The molecule has 1 fully saturated rings. The average Bonchev–Trinajstić information content (AvgIpc) is 2.84. The highest BCUT2D eigenvalue weighted by Gasteiger charge is 2.32. The van der Waals surface area contributed by atoms with Crippen LogP contribution in [0.5, 0.6) is 0 Å². The fraction of sp³-hybridized carbons (Fsp3) is 0.417. The fourth-order valence-electron chi connectivity index (χ4n) is 1.94. The summed E-state index contributed by atoms with van der Waals surface area (Å²) in [5.41, 5.74) is 0.713. The largest absolute Gasteiger partial charge is 0.386 e. The van der Waals surface area contributed by atoms with Crippen LogP contribution in [0.4, 0.5) is 5.95 Å². The van der Waals surface area contributed by atoms with Gasteiger partial charge < -0.3 is 15.2 Å². The van der Waals surface area contributed by atoms with Gasteiger partial charge in [0.1, 0.15) is 11.1 Å². The molecule has 2 heterocycles. The zero-order valence-electron chi connectivity index (χ0n) is 9.83. The molecule has 2 aromatic rings. The number of aliphatic hydroxyl groups is 1. The van der Waals surface area contributed by atoms with Gasteiger partial charge in [-0.2, -0.15) is 0 Å². The monoisotopic (exact) mass is 246 g/mol. The molecule has 1 aliphatic heterocycles. The first-order valence-corrected chi connectivity index (χ1v) is 5.89. The van der Waals surface area contributed by atoms with Crippen molar-refractivity contribution >= 4 is 17.0 Å². The van der Waals surface area contributed by atoms with Crippen LogP contribution in [0, 0.1) is 0 Å². The molecule has 18 heavy (non-hydrogen) atoms. The van der Waals surface area contributed by atoms with Gasteiger partial charge in [-0.05, 0) is 12.1 Å². The number of nitrogens with zero attached hydrogens (tertiary/aromatic N) is 3. The normalized spacial score (nSPS) is 23.4. The lowest BCUT2D eigenvalue weighted by Crippen LogP contribution is -2.37. The number of anilines is 1. The molecular formula is C12H14N4O2. The van der Waals surface area contributed by atoms with Gasteiger partial charge in [0.15, 0.2) is 0 Å². The Bertz CT molecular complexity index is 555. The Morgan fingerprint density at radius 2 is 2.11 bits per heavy atom. The van der Waals surface area contributed by atoms with E-state index < -0.39 is 5.60 Å². The third kappa shape index (κ3) is 2.25. The Kier molecular flexibility index (Phi) is 2.81. The van der Waals surface area contributed by atoms with Crippen molar-refractivity contribution in [3.63, 3.8) is 0 Å². The Hall–Kier alpha value is -1.79. The van der Waals surface area contributed by atoms with E-state index in [0.29, 0.717) is 32.1 Å². The van der Waals surface area contributed by atoms with Crippen molar-refractivity contribution in [3.8, 4) is 0 Å². The van der Waals surface area contributed by atoms with Crippen molar-refractivity contribution in [2.24, 2.45) is 0 Å². The molecule has 2 N–H and O–H groups in total. The van der Waals surface area contributed by atoms with Crippen LogP contribution in [0.25, 0.3) is 11.0 Å². The molecule has 94 valence electrons. The van der Waals surface area contributed by atoms with E-state index in [-0.39, 0.29) is 0 Å². The summed E-state index contributed by atoms with van der Waals surface area (Å²) in [7, 11) is 0. The van der Waals surface area contributed by atoms with Crippen molar-refractivity contribution in [3.05, 3.63) is 24.3 Å². The molecule has 0 amide bonds. The minimum atomic E-state index is -0.824. The minimum Gasteiger partial charge on any atom is -0.386 e. The second-order valence-corrected chi connectivity index (χ2v) is 4.50. The van der Waals surface area contributed by atoms with Crippen LogP contribution in [0.15, 0.2) is 24.3 Å².